The van der Waals surface area contributed by atoms with Gasteiger partial charge in [-0.25, -0.2) is 9.97 Å². The third-order valence-corrected chi connectivity index (χ3v) is 3.97. The van der Waals surface area contributed by atoms with Crippen LogP contribution in [0.2, 0.25) is 0 Å². The Kier molecular flexibility index (Phi) is 4.35. The molecule has 1 fully saturated rings. The van der Waals surface area contributed by atoms with Crippen LogP contribution in [0.25, 0.3) is 11.2 Å². The smallest absolute Gasteiger partial charge is 0.311 e. The van der Waals surface area contributed by atoms with E-state index in [0.29, 0.717) is 0 Å². The molecule has 1 saturated heterocycles. The highest BCUT2D eigenvalue weighted by atomic mass is 16.6. The second kappa shape index (κ2) is 6.21. The minimum absolute atomic E-state index is 0.0930. The Bertz CT molecular complexity index is 838. The number of aromatic amines is 1. The zero-order valence-electron chi connectivity index (χ0n) is 14.0. The first-order valence-corrected chi connectivity index (χ1v) is 7.79. The molecule has 1 aliphatic rings. The average Bonchev–Trinajstić information content (AvgIpc) is 3.08. The molecule has 0 amide bonds. The Morgan fingerprint density at radius 2 is 2.08 bits per heavy atom. The maximum atomic E-state index is 11.8. The van der Waals surface area contributed by atoms with E-state index < -0.39 is 41.5 Å². The highest BCUT2D eigenvalue weighted by Gasteiger charge is 2.45. The zero-order valence-corrected chi connectivity index (χ0v) is 14.0. The average molecular weight is 352 g/mol. The molecule has 10 heteroatoms. The maximum Gasteiger partial charge on any atom is 0.311 e. The van der Waals surface area contributed by atoms with Crippen LogP contribution in [-0.2, 0) is 14.3 Å². The number of hydrogen-bond acceptors (Lipinski definition) is 8. The normalized spacial score (nSPS) is 26.9. The number of fused-ring (bicyclic) bond motifs is 1. The molecule has 0 bridgehead atoms. The Hall–Kier alpha value is -2.30. The van der Waals surface area contributed by atoms with Gasteiger partial charge in [0.25, 0.3) is 5.56 Å². The van der Waals surface area contributed by atoms with Gasteiger partial charge in [-0.15, -0.1) is 0 Å². The molecule has 0 unspecified atom stereocenters. The van der Waals surface area contributed by atoms with Crippen molar-refractivity contribution in [1.29, 1.82) is 0 Å². The molecule has 2 aromatic rings. The van der Waals surface area contributed by atoms with Crippen LogP contribution in [0.5, 0.6) is 0 Å². The lowest BCUT2D eigenvalue weighted by Gasteiger charge is -2.20. The van der Waals surface area contributed by atoms with Gasteiger partial charge >= 0.3 is 5.97 Å². The fourth-order valence-corrected chi connectivity index (χ4v) is 2.52. The SMILES string of the molecule is CC(C)(C)C(=O)OC[C@@H]1O[C@H](n2cnc3c(=O)[nH]cnc32)[C@H](O)[C@@H]1O. The number of ether oxygens (including phenoxy) is 2. The van der Waals surface area contributed by atoms with Crippen LogP contribution in [0.15, 0.2) is 17.4 Å². The van der Waals surface area contributed by atoms with Crippen molar-refractivity contribution in [2.75, 3.05) is 6.61 Å². The number of carbonyl (C=O) groups excluding carboxylic acids is 1. The molecule has 0 radical (unpaired) electrons. The standard InChI is InChI=1S/C15H20N4O6/c1-15(2,3)14(23)24-4-7-9(20)10(21)13(25-7)19-6-18-8-11(19)16-5-17-12(8)22/h5-7,9-10,13,20-21H,4H2,1-3H3,(H,16,17,22)/t7-,9+,10+,13-/m0/s1. The number of nitrogens with zero attached hydrogens (tertiary/aromatic N) is 3. The summed E-state index contributed by atoms with van der Waals surface area (Å²) < 4.78 is 12.2. The number of aliphatic hydroxyl groups is 2. The van der Waals surface area contributed by atoms with E-state index >= 15 is 0 Å². The number of imidazole rings is 1. The van der Waals surface area contributed by atoms with Crippen molar-refractivity contribution in [1.82, 2.24) is 19.5 Å². The van der Waals surface area contributed by atoms with Crippen molar-refractivity contribution in [3.05, 3.63) is 23.0 Å². The molecular weight excluding hydrogens is 332 g/mol. The van der Waals surface area contributed by atoms with Crippen LogP contribution in [0.1, 0.15) is 27.0 Å². The molecule has 3 rings (SSSR count). The fourth-order valence-electron chi connectivity index (χ4n) is 2.52. The van der Waals surface area contributed by atoms with Gasteiger partial charge in [-0.2, -0.15) is 0 Å². The largest absolute Gasteiger partial charge is 0.462 e. The minimum Gasteiger partial charge on any atom is -0.462 e. The first kappa shape index (κ1) is 17.5. The summed E-state index contributed by atoms with van der Waals surface area (Å²) in [7, 11) is 0. The second-order valence-corrected chi connectivity index (χ2v) is 6.95. The number of H-pyrrole nitrogens is 1. The van der Waals surface area contributed by atoms with Crippen LogP contribution in [0.3, 0.4) is 0 Å². The highest BCUT2D eigenvalue weighted by molar-refractivity contribution is 5.75. The molecule has 25 heavy (non-hydrogen) atoms. The number of nitrogens with one attached hydrogen (secondary N) is 1. The number of hydrogen-bond donors (Lipinski definition) is 3. The third kappa shape index (κ3) is 3.15. The molecule has 3 N–H and O–H groups in total. The van der Waals surface area contributed by atoms with Gasteiger partial charge < -0.3 is 24.7 Å². The molecule has 1 aliphatic heterocycles. The first-order chi connectivity index (χ1) is 11.7. The maximum absolute atomic E-state index is 11.8. The Morgan fingerprint density at radius 3 is 2.76 bits per heavy atom. The van der Waals surface area contributed by atoms with Gasteiger partial charge in [-0.05, 0) is 20.8 Å². The van der Waals surface area contributed by atoms with E-state index in [9.17, 15) is 19.8 Å². The molecule has 136 valence electrons. The van der Waals surface area contributed by atoms with Gasteiger partial charge in [0.2, 0.25) is 0 Å². The van der Waals surface area contributed by atoms with E-state index in [0.717, 1.165) is 0 Å². The second-order valence-electron chi connectivity index (χ2n) is 6.95. The van der Waals surface area contributed by atoms with Gasteiger partial charge in [-0.1, -0.05) is 0 Å². The molecule has 0 saturated carbocycles. The van der Waals surface area contributed by atoms with Crippen LogP contribution in [0.4, 0.5) is 0 Å². The molecule has 0 aliphatic carbocycles. The predicted octanol–water partition coefficient (Wildman–Crippen LogP) is -0.672. The Labute approximate surface area is 142 Å². The fraction of sp³-hybridized carbons (Fsp3) is 0.600. The molecule has 0 spiro atoms. The lowest BCUT2D eigenvalue weighted by molar-refractivity contribution is -0.159. The molecule has 10 nitrogen and oxygen atoms in total. The zero-order chi connectivity index (χ0) is 18.4. The lowest BCUT2D eigenvalue weighted by Crippen LogP contribution is -2.35. The summed E-state index contributed by atoms with van der Waals surface area (Å²) in [5, 5.41) is 20.5. The van der Waals surface area contributed by atoms with Crippen molar-refractivity contribution in [2.24, 2.45) is 5.41 Å². The van der Waals surface area contributed by atoms with Crippen molar-refractivity contribution in [2.45, 2.75) is 45.3 Å². The summed E-state index contributed by atoms with van der Waals surface area (Å²) in [6, 6.07) is 0. The lowest BCUT2D eigenvalue weighted by atomic mass is 9.97. The van der Waals surface area contributed by atoms with Crippen molar-refractivity contribution >= 4 is 17.1 Å². The number of aliphatic hydroxyl groups excluding tert-OH is 2. The van der Waals surface area contributed by atoms with Gasteiger partial charge in [0.05, 0.1) is 18.1 Å². The Morgan fingerprint density at radius 1 is 1.36 bits per heavy atom. The van der Waals surface area contributed by atoms with Crippen molar-refractivity contribution < 1.29 is 24.5 Å². The van der Waals surface area contributed by atoms with Crippen molar-refractivity contribution in [3.8, 4) is 0 Å². The number of esters is 1. The van der Waals surface area contributed by atoms with E-state index in [-0.39, 0.29) is 17.8 Å². The van der Waals surface area contributed by atoms with Gasteiger partial charge in [-0.3, -0.25) is 14.2 Å². The Balaban J connectivity index is 1.79. The van der Waals surface area contributed by atoms with E-state index in [2.05, 4.69) is 15.0 Å². The van der Waals surface area contributed by atoms with Crippen LogP contribution in [-0.4, -0.2) is 60.6 Å². The summed E-state index contributed by atoms with van der Waals surface area (Å²) in [6.07, 6.45) is -1.97. The van der Waals surface area contributed by atoms with Gasteiger partial charge in [0.1, 0.15) is 24.9 Å². The quantitative estimate of drug-likeness (QED) is 0.618. The van der Waals surface area contributed by atoms with Gasteiger partial charge in [0, 0.05) is 0 Å². The van der Waals surface area contributed by atoms with Crippen LogP contribution in [0, 0.1) is 5.41 Å². The van der Waals surface area contributed by atoms with E-state index in [4.69, 9.17) is 9.47 Å². The first-order valence-electron chi connectivity index (χ1n) is 7.79. The summed E-state index contributed by atoms with van der Waals surface area (Å²) >= 11 is 0. The molecule has 3 heterocycles. The summed E-state index contributed by atoms with van der Waals surface area (Å²) in [5.74, 6) is -0.442. The molecule has 4 atom stereocenters. The van der Waals surface area contributed by atoms with Gasteiger partial charge in [0.15, 0.2) is 17.4 Å². The predicted molar refractivity (Wildman–Crippen MR) is 84.5 cm³/mol. The third-order valence-electron chi connectivity index (χ3n) is 3.97. The molecule has 0 aromatic carbocycles. The molecule has 2 aromatic heterocycles. The number of rotatable bonds is 3. The van der Waals surface area contributed by atoms with E-state index in [1.54, 1.807) is 20.8 Å². The molecular formula is C15H20N4O6. The summed E-state index contributed by atoms with van der Waals surface area (Å²) in [6.45, 7) is 4.92. The van der Waals surface area contributed by atoms with E-state index in [1.165, 1.54) is 17.2 Å². The summed E-state index contributed by atoms with van der Waals surface area (Å²) in [5.41, 5.74) is -0.803. The monoisotopic (exact) mass is 352 g/mol. The summed E-state index contributed by atoms with van der Waals surface area (Å²) in [4.78, 5) is 33.9. The van der Waals surface area contributed by atoms with E-state index in [1.807, 2.05) is 0 Å². The topological polar surface area (TPSA) is 140 Å². The van der Waals surface area contributed by atoms with Crippen LogP contribution < -0.4 is 5.56 Å². The van der Waals surface area contributed by atoms with Crippen molar-refractivity contribution in [3.63, 3.8) is 0 Å². The number of carbonyl (C=O) groups is 1. The minimum atomic E-state index is -1.29. The number of aromatic nitrogens is 4. The highest BCUT2D eigenvalue weighted by Crippen LogP contribution is 2.31. The van der Waals surface area contributed by atoms with Crippen LogP contribution >= 0.6 is 0 Å².